The van der Waals surface area contributed by atoms with E-state index in [1.807, 2.05) is 30.3 Å². The van der Waals surface area contributed by atoms with Gasteiger partial charge in [0.05, 0.1) is 5.69 Å². The molecule has 92 valence electrons. The van der Waals surface area contributed by atoms with Crippen LogP contribution in [0.2, 0.25) is 0 Å². The summed E-state index contributed by atoms with van der Waals surface area (Å²) in [7, 11) is 0. The molecule has 0 aliphatic heterocycles. The summed E-state index contributed by atoms with van der Waals surface area (Å²) in [5.41, 5.74) is 1.54. The summed E-state index contributed by atoms with van der Waals surface area (Å²) in [6, 6.07) is 11.0. The standard InChI is InChI=1S/C13H12N2O3/c1-9-7-11(10-5-3-2-4-6-10)14-15(13(9)18)8-12(16)17/h2-7H,8H2,1H3,(H,16,17). The van der Waals surface area contributed by atoms with E-state index >= 15 is 0 Å². The zero-order valence-electron chi connectivity index (χ0n) is 9.83. The van der Waals surface area contributed by atoms with Crippen LogP contribution in [-0.4, -0.2) is 20.9 Å². The highest BCUT2D eigenvalue weighted by molar-refractivity contribution is 5.66. The zero-order valence-corrected chi connectivity index (χ0v) is 9.83. The molecule has 1 N–H and O–H groups in total. The average molecular weight is 244 g/mol. The molecule has 0 bridgehead atoms. The van der Waals surface area contributed by atoms with Gasteiger partial charge in [-0.1, -0.05) is 30.3 Å². The van der Waals surface area contributed by atoms with E-state index in [1.54, 1.807) is 13.0 Å². The number of aromatic nitrogens is 2. The van der Waals surface area contributed by atoms with Crippen LogP contribution in [0.3, 0.4) is 0 Å². The maximum absolute atomic E-state index is 11.7. The number of benzene rings is 1. The average Bonchev–Trinajstić information content (AvgIpc) is 2.35. The van der Waals surface area contributed by atoms with Gasteiger partial charge in [0, 0.05) is 11.1 Å². The first-order chi connectivity index (χ1) is 8.58. The van der Waals surface area contributed by atoms with Crippen LogP contribution in [0.15, 0.2) is 41.2 Å². The topological polar surface area (TPSA) is 72.2 Å². The normalized spacial score (nSPS) is 10.3. The molecule has 0 aliphatic rings. The number of hydrogen-bond donors (Lipinski definition) is 1. The second kappa shape index (κ2) is 4.83. The van der Waals surface area contributed by atoms with Gasteiger partial charge in [-0.2, -0.15) is 5.10 Å². The smallest absolute Gasteiger partial charge is 0.325 e. The number of carbonyl (C=O) groups is 1. The van der Waals surface area contributed by atoms with E-state index < -0.39 is 12.5 Å². The van der Waals surface area contributed by atoms with Crippen molar-refractivity contribution in [1.82, 2.24) is 9.78 Å². The van der Waals surface area contributed by atoms with Crippen molar-refractivity contribution >= 4 is 5.97 Å². The monoisotopic (exact) mass is 244 g/mol. The van der Waals surface area contributed by atoms with Gasteiger partial charge in [0.1, 0.15) is 6.54 Å². The van der Waals surface area contributed by atoms with Gasteiger partial charge in [0.25, 0.3) is 5.56 Å². The minimum atomic E-state index is -1.09. The highest BCUT2D eigenvalue weighted by Crippen LogP contribution is 2.15. The molecule has 18 heavy (non-hydrogen) atoms. The Bertz CT molecular complexity index is 632. The lowest BCUT2D eigenvalue weighted by atomic mass is 10.1. The first kappa shape index (κ1) is 12.0. The molecule has 1 aromatic heterocycles. The molecule has 2 aromatic rings. The van der Waals surface area contributed by atoms with Gasteiger partial charge < -0.3 is 5.11 Å². The molecule has 0 saturated carbocycles. The molecule has 1 aromatic carbocycles. The summed E-state index contributed by atoms with van der Waals surface area (Å²) >= 11 is 0. The Morgan fingerprint density at radius 3 is 2.61 bits per heavy atom. The van der Waals surface area contributed by atoms with Gasteiger partial charge in [-0.25, -0.2) is 4.68 Å². The van der Waals surface area contributed by atoms with Crippen LogP contribution < -0.4 is 5.56 Å². The highest BCUT2D eigenvalue weighted by Gasteiger charge is 2.09. The molecule has 0 amide bonds. The van der Waals surface area contributed by atoms with Gasteiger partial charge in [-0.15, -0.1) is 0 Å². The molecule has 0 aliphatic carbocycles. The lowest BCUT2D eigenvalue weighted by molar-refractivity contribution is -0.138. The molecule has 0 spiro atoms. The molecule has 5 heteroatoms. The van der Waals surface area contributed by atoms with Crippen molar-refractivity contribution in [1.29, 1.82) is 0 Å². The van der Waals surface area contributed by atoms with Crippen molar-refractivity contribution in [3.63, 3.8) is 0 Å². The summed E-state index contributed by atoms with van der Waals surface area (Å²) in [6.07, 6.45) is 0. The van der Waals surface area contributed by atoms with Gasteiger partial charge in [-0.05, 0) is 13.0 Å². The third-order valence-electron chi connectivity index (χ3n) is 2.51. The number of carboxylic acid groups (broad SMARTS) is 1. The van der Waals surface area contributed by atoms with Crippen molar-refractivity contribution in [2.24, 2.45) is 0 Å². The van der Waals surface area contributed by atoms with E-state index in [0.717, 1.165) is 10.2 Å². The van der Waals surface area contributed by atoms with Gasteiger partial charge >= 0.3 is 5.97 Å². The zero-order chi connectivity index (χ0) is 13.1. The molecule has 2 rings (SSSR count). The minimum Gasteiger partial charge on any atom is -0.480 e. The number of aliphatic carboxylic acids is 1. The van der Waals surface area contributed by atoms with E-state index in [0.29, 0.717) is 11.3 Å². The van der Waals surface area contributed by atoms with Crippen molar-refractivity contribution in [2.45, 2.75) is 13.5 Å². The predicted octanol–water partition coefficient (Wildman–Crippen LogP) is 1.30. The molecule has 0 unspecified atom stereocenters. The second-order valence-electron chi connectivity index (χ2n) is 3.94. The minimum absolute atomic E-state index is 0.378. The number of aryl methyl sites for hydroxylation is 1. The number of nitrogens with zero attached hydrogens (tertiary/aromatic N) is 2. The lowest BCUT2D eigenvalue weighted by Crippen LogP contribution is -2.28. The largest absolute Gasteiger partial charge is 0.480 e. The Morgan fingerprint density at radius 2 is 2.00 bits per heavy atom. The van der Waals surface area contributed by atoms with E-state index in [9.17, 15) is 9.59 Å². The Labute approximate surface area is 103 Å². The molecule has 0 saturated heterocycles. The van der Waals surface area contributed by atoms with Crippen LogP contribution in [0.25, 0.3) is 11.3 Å². The molecular formula is C13H12N2O3. The molecule has 0 atom stereocenters. The van der Waals surface area contributed by atoms with Crippen molar-refractivity contribution in [2.75, 3.05) is 0 Å². The van der Waals surface area contributed by atoms with Crippen molar-refractivity contribution in [3.8, 4) is 11.3 Å². The Kier molecular flexibility index (Phi) is 3.23. The summed E-state index contributed by atoms with van der Waals surface area (Å²) < 4.78 is 0.972. The summed E-state index contributed by atoms with van der Waals surface area (Å²) in [6.45, 7) is 1.22. The number of hydrogen-bond acceptors (Lipinski definition) is 3. The first-order valence-electron chi connectivity index (χ1n) is 5.44. The van der Waals surface area contributed by atoms with E-state index in [2.05, 4.69) is 5.10 Å². The maximum Gasteiger partial charge on any atom is 0.325 e. The summed E-state index contributed by atoms with van der Waals surface area (Å²) in [5, 5.41) is 12.8. The first-order valence-corrected chi connectivity index (χ1v) is 5.44. The van der Waals surface area contributed by atoms with Gasteiger partial charge in [0.15, 0.2) is 0 Å². The quantitative estimate of drug-likeness (QED) is 0.883. The van der Waals surface area contributed by atoms with Crippen LogP contribution in [0.1, 0.15) is 5.56 Å². The van der Waals surface area contributed by atoms with Gasteiger partial charge in [0.2, 0.25) is 0 Å². The number of carboxylic acids is 1. The van der Waals surface area contributed by atoms with E-state index in [-0.39, 0.29) is 5.56 Å². The van der Waals surface area contributed by atoms with Crippen LogP contribution in [-0.2, 0) is 11.3 Å². The summed E-state index contributed by atoms with van der Waals surface area (Å²) in [4.78, 5) is 22.4. The van der Waals surface area contributed by atoms with Crippen LogP contribution in [0.4, 0.5) is 0 Å². The fourth-order valence-corrected chi connectivity index (χ4v) is 1.66. The second-order valence-corrected chi connectivity index (χ2v) is 3.94. The third-order valence-corrected chi connectivity index (χ3v) is 2.51. The lowest BCUT2D eigenvalue weighted by Gasteiger charge is -2.06. The van der Waals surface area contributed by atoms with Crippen molar-refractivity contribution < 1.29 is 9.90 Å². The Hall–Kier alpha value is -2.43. The van der Waals surface area contributed by atoms with E-state index in [1.165, 1.54) is 0 Å². The Morgan fingerprint density at radius 1 is 1.33 bits per heavy atom. The molecular weight excluding hydrogens is 232 g/mol. The van der Waals surface area contributed by atoms with Crippen LogP contribution >= 0.6 is 0 Å². The third kappa shape index (κ3) is 2.45. The molecule has 5 nitrogen and oxygen atoms in total. The number of rotatable bonds is 3. The van der Waals surface area contributed by atoms with Crippen molar-refractivity contribution in [3.05, 3.63) is 52.3 Å². The fourth-order valence-electron chi connectivity index (χ4n) is 1.66. The van der Waals surface area contributed by atoms with Crippen LogP contribution in [0.5, 0.6) is 0 Å². The van der Waals surface area contributed by atoms with Crippen LogP contribution in [0, 0.1) is 6.92 Å². The maximum atomic E-state index is 11.7. The van der Waals surface area contributed by atoms with E-state index in [4.69, 9.17) is 5.11 Å². The Balaban J connectivity index is 2.54. The SMILES string of the molecule is Cc1cc(-c2ccccc2)nn(CC(=O)O)c1=O. The molecule has 1 heterocycles. The predicted molar refractivity (Wildman–Crippen MR) is 66.3 cm³/mol. The summed E-state index contributed by atoms with van der Waals surface area (Å²) in [5.74, 6) is -1.09. The molecule has 0 radical (unpaired) electrons. The van der Waals surface area contributed by atoms with Gasteiger partial charge in [-0.3, -0.25) is 9.59 Å². The highest BCUT2D eigenvalue weighted by atomic mass is 16.4. The molecule has 0 fully saturated rings. The fraction of sp³-hybridized carbons (Fsp3) is 0.154.